The summed E-state index contributed by atoms with van der Waals surface area (Å²) in [6, 6.07) is 6.33. The van der Waals surface area contributed by atoms with Crippen LogP contribution in [0.1, 0.15) is 32.3 Å². The van der Waals surface area contributed by atoms with Crippen LogP contribution in [0, 0.1) is 5.92 Å². The van der Waals surface area contributed by atoms with Crippen LogP contribution in [0.25, 0.3) is 0 Å². The number of piperidine rings is 1. The number of anilines is 2. The highest BCUT2D eigenvalue weighted by molar-refractivity contribution is 5.60. The quantitative estimate of drug-likeness (QED) is 0.773. The Balaban J connectivity index is 2.24. The van der Waals surface area contributed by atoms with E-state index < -0.39 is 0 Å². The van der Waals surface area contributed by atoms with Gasteiger partial charge in [-0.25, -0.2) is 0 Å². The van der Waals surface area contributed by atoms with Crippen LogP contribution in [0.15, 0.2) is 18.2 Å². The minimum absolute atomic E-state index is 0.816. The first kappa shape index (κ1) is 11.3. The molecule has 1 atom stereocenters. The molecule has 16 heavy (non-hydrogen) atoms. The van der Waals surface area contributed by atoms with Crippen LogP contribution >= 0.6 is 0 Å². The number of hydrogen-bond donors (Lipinski definition) is 1. The lowest BCUT2D eigenvalue weighted by Crippen LogP contribution is -2.34. The summed E-state index contributed by atoms with van der Waals surface area (Å²) < 4.78 is 0. The molecule has 0 spiro atoms. The van der Waals surface area contributed by atoms with Gasteiger partial charge in [0.15, 0.2) is 0 Å². The lowest BCUT2D eigenvalue weighted by atomic mass is 9.98. The lowest BCUT2D eigenvalue weighted by Gasteiger charge is -2.34. The van der Waals surface area contributed by atoms with Gasteiger partial charge in [-0.2, -0.15) is 0 Å². The van der Waals surface area contributed by atoms with Crippen LogP contribution in [0.4, 0.5) is 11.4 Å². The number of nitrogen functional groups attached to an aromatic ring is 1. The molecule has 1 aliphatic rings. The summed E-state index contributed by atoms with van der Waals surface area (Å²) in [5.74, 6) is 0.816. The van der Waals surface area contributed by atoms with E-state index >= 15 is 0 Å². The molecule has 1 fully saturated rings. The molecule has 88 valence electrons. The van der Waals surface area contributed by atoms with Gasteiger partial charge < -0.3 is 10.6 Å². The molecule has 0 radical (unpaired) electrons. The first-order valence-corrected chi connectivity index (χ1v) is 6.34. The maximum atomic E-state index is 5.84. The normalized spacial score (nSPS) is 21.1. The Bertz CT molecular complexity index is 360. The van der Waals surface area contributed by atoms with Gasteiger partial charge in [0, 0.05) is 24.5 Å². The summed E-state index contributed by atoms with van der Waals surface area (Å²) >= 11 is 0. The molecule has 1 heterocycles. The van der Waals surface area contributed by atoms with E-state index in [0.717, 1.165) is 18.0 Å². The second-order valence-corrected chi connectivity index (χ2v) is 4.94. The van der Waals surface area contributed by atoms with Crippen LogP contribution in [-0.4, -0.2) is 13.1 Å². The third-order valence-corrected chi connectivity index (χ3v) is 3.48. The van der Waals surface area contributed by atoms with Gasteiger partial charge in [-0.05, 0) is 48.9 Å². The Morgan fingerprint density at radius 3 is 2.94 bits per heavy atom. The van der Waals surface area contributed by atoms with Gasteiger partial charge in [0.05, 0.1) is 0 Å². The highest BCUT2D eigenvalue weighted by Crippen LogP contribution is 2.28. The summed E-state index contributed by atoms with van der Waals surface area (Å²) in [4.78, 5) is 2.52. The molecule has 2 nitrogen and oxygen atoms in total. The van der Waals surface area contributed by atoms with Crippen molar-refractivity contribution in [3.05, 3.63) is 23.8 Å². The predicted molar refractivity (Wildman–Crippen MR) is 70.8 cm³/mol. The molecular formula is C14H22N2. The van der Waals surface area contributed by atoms with Crippen LogP contribution in [0.5, 0.6) is 0 Å². The molecule has 2 rings (SSSR count). The number of nitrogens with zero attached hydrogens (tertiary/aromatic N) is 1. The van der Waals surface area contributed by atoms with E-state index in [1.54, 1.807) is 0 Å². The van der Waals surface area contributed by atoms with E-state index in [1.807, 2.05) is 6.07 Å². The monoisotopic (exact) mass is 218 g/mol. The molecule has 2 N–H and O–H groups in total. The standard InChI is InChI=1S/C14H22N2/c1-3-12-9-13(15)6-7-14(12)16-8-4-5-11(2)10-16/h6-7,9,11H,3-5,8,10,15H2,1-2H3/t11-/m0/s1. The van der Waals surface area contributed by atoms with Gasteiger partial charge in [0.1, 0.15) is 0 Å². The minimum atomic E-state index is 0.816. The molecule has 0 saturated carbocycles. The zero-order valence-electron chi connectivity index (χ0n) is 10.4. The fourth-order valence-electron chi connectivity index (χ4n) is 2.61. The van der Waals surface area contributed by atoms with E-state index in [2.05, 4.69) is 30.9 Å². The van der Waals surface area contributed by atoms with E-state index in [1.165, 1.54) is 37.2 Å². The van der Waals surface area contributed by atoms with Crippen molar-refractivity contribution in [2.24, 2.45) is 5.92 Å². The summed E-state index contributed by atoms with van der Waals surface area (Å²) in [6.45, 7) is 6.93. The molecule has 1 saturated heterocycles. The lowest BCUT2D eigenvalue weighted by molar-refractivity contribution is 0.446. The Hall–Kier alpha value is -1.18. The zero-order chi connectivity index (χ0) is 11.5. The minimum Gasteiger partial charge on any atom is -0.399 e. The smallest absolute Gasteiger partial charge is 0.0400 e. The highest BCUT2D eigenvalue weighted by atomic mass is 15.1. The van der Waals surface area contributed by atoms with E-state index in [-0.39, 0.29) is 0 Å². The Kier molecular flexibility index (Phi) is 3.37. The number of hydrogen-bond acceptors (Lipinski definition) is 2. The fourth-order valence-corrected chi connectivity index (χ4v) is 2.61. The van der Waals surface area contributed by atoms with Crippen molar-refractivity contribution in [3.63, 3.8) is 0 Å². The Labute approximate surface area is 98.4 Å². The van der Waals surface area contributed by atoms with Crippen molar-refractivity contribution in [1.29, 1.82) is 0 Å². The third kappa shape index (κ3) is 2.31. The molecule has 2 heteroatoms. The van der Waals surface area contributed by atoms with Gasteiger partial charge in [-0.3, -0.25) is 0 Å². The van der Waals surface area contributed by atoms with Crippen LogP contribution in [0.3, 0.4) is 0 Å². The summed E-state index contributed by atoms with van der Waals surface area (Å²) in [5, 5.41) is 0. The first-order chi connectivity index (χ1) is 7.70. The van der Waals surface area contributed by atoms with Gasteiger partial charge >= 0.3 is 0 Å². The molecule has 0 bridgehead atoms. The summed E-state index contributed by atoms with van der Waals surface area (Å²) in [6.07, 6.45) is 3.74. The molecule has 0 amide bonds. The van der Waals surface area contributed by atoms with Crippen molar-refractivity contribution >= 4 is 11.4 Å². The van der Waals surface area contributed by atoms with Crippen molar-refractivity contribution in [1.82, 2.24) is 0 Å². The van der Waals surface area contributed by atoms with Gasteiger partial charge in [0.25, 0.3) is 0 Å². The predicted octanol–water partition coefficient (Wildman–Crippen LogP) is 3.07. The molecule has 1 aromatic carbocycles. The number of rotatable bonds is 2. The largest absolute Gasteiger partial charge is 0.399 e. The molecular weight excluding hydrogens is 196 g/mol. The third-order valence-electron chi connectivity index (χ3n) is 3.48. The zero-order valence-corrected chi connectivity index (χ0v) is 10.4. The first-order valence-electron chi connectivity index (χ1n) is 6.34. The molecule has 0 unspecified atom stereocenters. The number of aryl methyl sites for hydroxylation is 1. The van der Waals surface area contributed by atoms with Crippen LogP contribution < -0.4 is 10.6 Å². The van der Waals surface area contributed by atoms with E-state index in [9.17, 15) is 0 Å². The van der Waals surface area contributed by atoms with Crippen molar-refractivity contribution < 1.29 is 0 Å². The van der Waals surface area contributed by atoms with Gasteiger partial charge in [-0.1, -0.05) is 13.8 Å². The van der Waals surface area contributed by atoms with E-state index in [4.69, 9.17) is 5.73 Å². The summed E-state index contributed by atoms with van der Waals surface area (Å²) in [5.41, 5.74) is 9.50. The molecule has 1 aliphatic heterocycles. The SMILES string of the molecule is CCc1cc(N)ccc1N1CCC[C@H](C)C1. The van der Waals surface area contributed by atoms with E-state index in [0.29, 0.717) is 0 Å². The average Bonchev–Trinajstić information content (AvgIpc) is 2.28. The Morgan fingerprint density at radius 2 is 2.25 bits per heavy atom. The maximum Gasteiger partial charge on any atom is 0.0400 e. The number of benzene rings is 1. The van der Waals surface area contributed by atoms with Crippen molar-refractivity contribution in [3.8, 4) is 0 Å². The number of nitrogens with two attached hydrogens (primary N) is 1. The van der Waals surface area contributed by atoms with Gasteiger partial charge in [0.2, 0.25) is 0 Å². The maximum absolute atomic E-state index is 5.84. The van der Waals surface area contributed by atoms with Crippen molar-refractivity contribution in [2.45, 2.75) is 33.1 Å². The summed E-state index contributed by atoms with van der Waals surface area (Å²) in [7, 11) is 0. The topological polar surface area (TPSA) is 29.3 Å². The second kappa shape index (κ2) is 4.77. The molecule has 0 aromatic heterocycles. The fraction of sp³-hybridized carbons (Fsp3) is 0.571. The Morgan fingerprint density at radius 1 is 1.44 bits per heavy atom. The molecule has 1 aromatic rings. The average molecular weight is 218 g/mol. The van der Waals surface area contributed by atoms with Gasteiger partial charge in [-0.15, -0.1) is 0 Å². The molecule has 0 aliphatic carbocycles. The highest BCUT2D eigenvalue weighted by Gasteiger charge is 2.18. The van der Waals surface area contributed by atoms with Crippen molar-refractivity contribution in [2.75, 3.05) is 23.7 Å². The second-order valence-electron chi connectivity index (χ2n) is 4.94. The van der Waals surface area contributed by atoms with Crippen LogP contribution in [0.2, 0.25) is 0 Å². The van der Waals surface area contributed by atoms with Crippen LogP contribution in [-0.2, 0) is 6.42 Å².